The number of nitrogen functional groups attached to an aromatic ring is 1. The molecule has 0 aliphatic carbocycles. The summed E-state index contributed by atoms with van der Waals surface area (Å²) in [6, 6.07) is 7.18. The van der Waals surface area contributed by atoms with Gasteiger partial charge in [-0.25, -0.2) is 4.39 Å². The van der Waals surface area contributed by atoms with E-state index in [9.17, 15) is 17.6 Å². The van der Waals surface area contributed by atoms with Crippen molar-refractivity contribution in [3.8, 4) is 11.5 Å². The molecule has 0 amide bonds. The highest BCUT2D eigenvalue weighted by atomic mass is 19.4. The lowest BCUT2D eigenvalue weighted by molar-refractivity contribution is -0.137. The van der Waals surface area contributed by atoms with E-state index in [0.29, 0.717) is 5.56 Å². The number of halogens is 4. The molecule has 6 heteroatoms. The third-order valence-electron chi connectivity index (χ3n) is 2.70. The lowest BCUT2D eigenvalue weighted by atomic mass is 10.1. The highest BCUT2D eigenvalue weighted by Gasteiger charge is 2.33. The van der Waals surface area contributed by atoms with E-state index >= 15 is 0 Å². The van der Waals surface area contributed by atoms with Gasteiger partial charge in [-0.3, -0.25) is 0 Å². The lowest BCUT2D eigenvalue weighted by Crippen LogP contribution is -2.08. The number of hydrogen-bond acceptors (Lipinski definition) is 2. The zero-order valence-corrected chi connectivity index (χ0v) is 10.5. The molecule has 0 atom stereocenters. The minimum atomic E-state index is -4.55. The molecule has 0 aliphatic rings. The molecule has 20 heavy (non-hydrogen) atoms. The Bertz CT molecular complexity index is 638. The molecule has 0 heterocycles. The van der Waals surface area contributed by atoms with Crippen molar-refractivity contribution in [1.82, 2.24) is 0 Å². The summed E-state index contributed by atoms with van der Waals surface area (Å²) in [6.45, 7) is 1.53. The number of nitrogens with two attached hydrogens (primary N) is 1. The molecular weight excluding hydrogens is 274 g/mol. The first-order valence-electron chi connectivity index (χ1n) is 5.68. The molecule has 0 fully saturated rings. The van der Waals surface area contributed by atoms with Crippen molar-refractivity contribution in [2.24, 2.45) is 0 Å². The van der Waals surface area contributed by atoms with E-state index in [1.807, 2.05) is 0 Å². The van der Waals surface area contributed by atoms with Gasteiger partial charge in [0.15, 0.2) is 0 Å². The molecule has 0 saturated heterocycles. The Labute approximate surface area is 112 Å². The monoisotopic (exact) mass is 285 g/mol. The molecule has 2 aromatic carbocycles. The van der Waals surface area contributed by atoms with Gasteiger partial charge in [0.2, 0.25) is 0 Å². The van der Waals surface area contributed by atoms with E-state index in [1.165, 1.54) is 31.2 Å². The van der Waals surface area contributed by atoms with Gasteiger partial charge in [0, 0.05) is 5.69 Å². The van der Waals surface area contributed by atoms with Crippen LogP contribution in [0.25, 0.3) is 0 Å². The standard InChI is InChI=1S/C14H11F4NO/c1-8-6-9(2-4-12(8)15)20-10-3-5-13(19)11(7-10)14(16,17)18/h2-7H,19H2,1H3. The summed E-state index contributed by atoms with van der Waals surface area (Å²) in [7, 11) is 0. The van der Waals surface area contributed by atoms with E-state index < -0.39 is 17.6 Å². The van der Waals surface area contributed by atoms with E-state index in [0.717, 1.165) is 12.1 Å². The second-order valence-electron chi connectivity index (χ2n) is 4.26. The van der Waals surface area contributed by atoms with Crippen molar-refractivity contribution < 1.29 is 22.3 Å². The molecule has 0 aliphatic heterocycles. The second kappa shape index (κ2) is 5.03. The summed E-state index contributed by atoms with van der Waals surface area (Å²) in [4.78, 5) is 0. The number of hydrogen-bond donors (Lipinski definition) is 1. The Balaban J connectivity index is 2.32. The Hall–Kier alpha value is -2.24. The predicted octanol–water partition coefficient (Wildman–Crippen LogP) is 4.53. The fourth-order valence-corrected chi connectivity index (χ4v) is 1.66. The molecule has 0 aromatic heterocycles. The van der Waals surface area contributed by atoms with Crippen LogP contribution in [-0.2, 0) is 6.18 Å². The van der Waals surface area contributed by atoms with Crippen molar-refractivity contribution in [2.75, 3.05) is 5.73 Å². The first-order valence-corrected chi connectivity index (χ1v) is 5.68. The fourth-order valence-electron chi connectivity index (χ4n) is 1.66. The Morgan fingerprint density at radius 3 is 2.20 bits per heavy atom. The van der Waals surface area contributed by atoms with Gasteiger partial charge in [0.05, 0.1) is 5.56 Å². The summed E-state index contributed by atoms with van der Waals surface area (Å²) in [5.74, 6) is -0.176. The number of aryl methyl sites for hydroxylation is 1. The van der Waals surface area contributed by atoms with Crippen LogP contribution >= 0.6 is 0 Å². The smallest absolute Gasteiger partial charge is 0.418 e. The first-order chi connectivity index (χ1) is 9.27. The number of benzene rings is 2. The van der Waals surface area contributed by atoms with E-state index in [4.69, 9.17) is 10.5 Å². The van der Waals surface area contributed by atoms with E-state index in [-0.39, 0.29) is 17.2 Å². The molecule has 0 bridgehead atoms. The van der Waals surface area contributed by atoms with Crippen LogP contribution in [0.3, 0.4) is 0 Å². The molecule has 0 unspecified atom stereocenters. The maximum Gasteiger partial charge on any atom is 0.418 e. The average molecular weight is 285 g/mol. The van der Waals surface area contributed by atoms with E-state index in [1.54, 1.807) is 0 Å². The highest BCUT2D eigenvalue weighted by Crippen LogP contribution is 2.36. The number of alkyl halides is 3. The number of ether oxygens (including phenoxy) is 1. The van der Waals surface area contributed by atoms with Gasteiger partial charge >= 0.3 is 6.18 Å². The summed E-state index contributed by atoms with van der Waals surface area (Å²) < 4.78 is 56.5. The summed E-state index contributed by atoms with van der Waals surface area (Å²) in [5.41, 5.74) is 4.29. The first kappa shape index (κ1) is 14.2. The number of rotatable bonds is 2. The SMILES string of the molecule is Cc1cc(Oc2ccc(N)c(C(F)(F)F)c2)ccc1F. The average Bonchev–Trinajstić information content (AvgIpc) is 2.35. The van der Waals surface area contributed by atoms with Gasteiger partial charge in [-0.05, 0) is 48.9 Å². The fraction of sp³-hybridized carbons (Fsp3) is 0.143. The molecule has 2 N–H and O–H groups in total. The van der Waals surface area contributed by atoms with Gasteiger partial charge in [-0.2, -0.15) is 13.2 Å². The summed E-state index contributed by atoms with van der Waals surface area (Å²) in [5, 5.41) is 0. The van der Waals surface area contributed by atoms with Crippen LogP contribution in [0, 0.1) is 12.7 Å². The van der Waals surface area contributed by atoms with Crippen LogP contribution in [0.2, 0.25) is 0 Å². The van der Waals surface area contributed by atoms with Crippen LogP contribution in [0.15, 0.2) is 36.4 Å². The Kier molecular flexibility index (Phi) is 3.57. The van der Waals surface area contributed by atoms with Crippen LogP contribution < -0.4 is 10.5 Å². The van der Waals surface area contributed by atoms with Crippen molar-refractivity contribution >= 4 is 5.69 Å². The molecule has 0 radical (unpaired) electrons. The maximum atomic E-state index is 13.1. The lowest BCUT2D eigenvalue weighted by Gasteiger charge is -2.12. The zero-order chi connectivity index (χ0) is 14.9. The van der Waals surface area contributed by atoms with Crippen molar-refractivity contribution in [3.63, 3.8) is 0 Å². The Morgan fingerprint density at radius 1 is 1.00 bits per heavy atom. The molecule has 106 valence electrons. The topological polar surface area (TPSA) is 35.2 Å². The molecule has 0 saturated carbocycles. The zero-order valence-electron chi connectivity index (χ0n) is 10.5. The minimum Gasteiger partial charge on any atom is -0.457 e. The van der Waals surface area contributed by atoms with Gasteiger partial charge in [-0.1, -0.05) is 0 Å². The van der Waals surface area contributed by atoms with Crippen LogP contribution in [-0.4, -0.2) is 0 Å². The maximum absolute atomic E-state index is 13.1. The van der Waals surface area contributed by atoms with Crippen molar-refractivity contribution in [3.05, 3.63) is 53.3 Å². The second-order valence-corrected chi connectivity index (χ2v) is 4.26. The molecule has 2 aromatic rings. The van der Waals surface area contributed by atoms with Crippen molar-refractivity contribution in [1.29, 1.82) is 0 Å². The Morgan fingerprint density at radius 2 is 1.60 bits per heavy atom. The minimum absolute atomic E-state index is 0.0162. The highest BCUT2D eigenvalue weighted by molar-refractivity contribution is 5.52. The van der Waals surface area contributed by atoms with Gasteiger partial charge < -0.3 is 10.5 Å². The van der Waals surface area contributed by atoms with Crippen LogP contribution in [0.5, 0.6) is 11.5 Å². The normalized spacial score (nSPS) is 11.4. The third-order valence-corrected chi connectivity index (χ3v) is 2.70. The molecule has 2 nitrogen and oxygen atoms in total. The van der Waals surface area contributed by atoms with Gasteiger partial charge in [-0.15, -0.1) is 0 Å². The molecule has 0 spiro atoms. The third kappa shape index (κ3) is 3.01. The molecular formula is C14H11F4NO. The largest absolute Gasteiger partial charge is 0.457 e. The molecule has 2 rings (SSSR count). The van der Waals surface area contributed by atoms with Crippen LogP contribution in [0.4, 0.5) is 23.2 Å². The summed E-state index contributed by atoms with van der Waals surface area (Å²) >= 11 is 0. The quantitative estimate of drug-likeness (QED) is 0.650. The van der Waals surface area contributed by atoms with Crippen molar-refractivity contribution in [2.45, 2.75) is 13.1 Å². The van der Waals surface area contributed by atoms with E-state index in [2.05, 4.69) is 0 Å². The van der Waals surface area contributed by atoms with Gasteiger partial charge in [0.1, 0.15) is 17.3 Å². The van der Waals surface area contributed by atoms with Gasteiger partial charge in [0.25, 0.3) is 0 Å². The van der Waals surface area contributed by atoms with Crippen LogP contribution in [0.1, 0.15) is 11.1 Å². The summed E-state index contributed by atoms with van der Waals surface area (Å²) in [6.07, 6.45) is -4.55. The predicted molar refractivity (Wildman–Crippen MR) is 67.1 cm³/mol. The number of anilines is 1.